The van der Waals surface area contributed by atoms with Crippen LogP contribution in [-0.4, -0.2) is 46.7 Å². The molecule has 0 amide bonds. The van der Waals surface area contributed by atoms with Crippen LogP contribution in [0.25, 0.3) is 0 Å². The maximum Gasteiger partial charge on any atom is 0.323 e. The summed E-state index contributed by atoms with van der Waals surface area (Å²) in [6, 6.07) is 0. The van der Waals surface area contributed by atoms with Crippen molar-refractivity contribution < 1.29 is 28.5 Å². The third-order valence-corrected chi connectivity index (χ3v) is 3.57. The lowest BCUT2D eigenvalue weighted by Crippen LogP contribution is -2.40. The summed E-state index contributed by atoms with van der Waals surface area (Å²) in [6.07, 6.45) is -0.165. The maximum atomic E-state index is 12.0. The molecule has 0 radical (unpaired) electrons. The highest BCUT2D eigenvalue weighted by molar-refractivity contribution is 6.01. The Morgan fingerprint density at radius 1 is 1.16 bits per heavy atom. The highest BCUT2D eigenvalue weighted by Crippen LogP contribution is 2.48. The lowest BCUT2D eigenvalue weighted by molar-refractivity contribution is -0.171. The Morgan fingerprint density at radius 2 is 1.63 bits per heavy atom. The van der Waals surface area contributed by atoms with Crippen molar-refractivity contribution in [3.63, 3.8) is 0 Å². The number of carbonyl (C=O) groups excluding carboxylic acids is 2. The molecule has 1 rings (SSSR count). The number of hydrogen-bond donors (Lipinski definition) is 0. The lowest BCUT2D eigenvalue weighted by Gasteiger charge is -2.24. The quantitative estimate of drug-likeness (QED) is 0.320. The molecule has 0 saturated heterocycles. The van der Waals surface area contributed by atoms with Crippen LogP contribution >= 0.6 is 0 Å². The van der Waals surface area contributed by atoms with Crippen LogP contribution in [0.2, 0.25) is 0 Å². The molecule has 6 nitrogen and oxygen atoms in total. The molecular formula is C13H20O6. The number of esters is 2. The average molecular weight is 272 g/mol. The summed E-state index contributed by atoms with van der Waals surface area (Å²) in [6.45, 7) is 3.91. The second kappa shape index (κ2) is 6.16. The smallest absolute Gasteiger partial charge is 0.323 e. The molecule has 1 fully saturated rings. The Hall–Kier alpha value is -1.40. The van der Waals surface area contributed by atoms with Crippen LogP contribution in [0.4, 0.5) is 0 Å². The van der Waals surface area contributed by atoms with Gasteiger partial charge in [0.25, 0.3) is 0 Å². The van der Waals surface area contributed by atoms with Crippen LogP contribution in [0.3, 0.4) is 0 Å². The fraction of sp³-hybridized carbons (Fsp3) is 0.692. The van der Waals surface area contributed by atoms with Gasteiger partial charge in [-0.2, -0.15) is 0 Å². The van der Waals surface area contributed by atoms with Gasteiger partial charge in [-0.05, 0) is 12.8 Å². The molecule has 0 aliphatic heterocycles. The summed E-state index contributed by atoms with van der Waals surface area (Å²) in [4.78, 5) is 24.0. The van der Waals surface area contributed by atoms with Crippen molar-refractivity contribution in [2.24, 2.45) is 11.3 Å². The van der Waals surface area contributed by atoms with Crippen molar-refractivity contribution in [2.45, 2.75) is 19.1 Å². The fourth-order valence-corrected chi connectivity index (χ4v) is 2.61. The zero-order valence-corrected chi connectivity index (χ0v) is 11.7. The van der Waals surface area contributed by atoms with Crippen LogP contribution in [0.15, 0.2) is 12.2 Å². The minimum Gasteiger partial charge on any atom is -0.468 e. The summed E-state index contributed by atoms with van der Waals surface area (Å²) < 4.78 is 19.9. The second-order valence-corrected chi connectivity index (χ2v) is 4.55. The molecule has 0 aromatic heterocycles. The molecule has 1 saturated carbocycles. The van der Waals surface area contributed by atoms with E-state index in [-0.39, 0.29) is 18.8 Å². The zero-order chi connectivity index (χ0) is 14.6. The van der Waals surface area contributed by atoms with E-state index in [0.717, 1.165) is 0 Å². The van der Waals surface area contributed by atoms with Crippen LogP contribution in [0.1, 0.15) is 12.8 Å². The average Bonchev–Trinajstić information content (AvgIpc) is 2.77. The van der Waals surface area contributed by atoms with Crippen LogP contribution < -0.4 is 0 Å². The van der Waals surface area contributed by atoms with Gasteiger partial charge in [0.05, 0.1) is 14.2 Å². The predicted octanol–water partition coefficient (Wildman–Crippen LogP) is 0.904. The molecule has 108 valence electrons. The number of rotatable bonds is 5. The van der Waals surface area contributed by atoms with E-state index in [2.05, 4.69) is 6.58 Å². The highest BCUT2D eigenvalue weighted by Gasteiger charge is 2.56. The van der Waals surface area contributed by atoms with E-state index in [0.29, 0.717) is 5.57 Å². The first-order chi connectivity index (χ1) is 8.96. The molecule has 0 N–H and O–H groups in total. The van der Waals surface area contributed by atoms with Gasteiger partial charge in [0.2, 0.25) is 0 Å². The molecule has 6 heteroatoms. The number of methoxy groups -OCH3 is 4. The Bertz CT molecular complexity index is 355. The van der Waals surface area contributed by atoms with Crippen molar-refractivity contribution in [3.05, 3.63) is 12.2 Å². The molecular weight excluding hydrogens is 252 g/mol. The highest BCUT2D eigenvalue weighted by atomic mass is 16.7. The summed E-state index contributed by atoms with van der Waals surface area (Å²) in [5, 5.41) is 0. The van der Waals surface area contributed by atoms with E-state index in [1.54, 1.807) is 0 Å². The minimum absolute atomic E-state index is 0.181. The van der Waals surface area contributed by atoms with Crippen molar-refractivity contribution in [1.82, 2.24) is 0 Å². The van der Waals surface area contributed by atoms with Gasteiger partial charge in [-0.3, -0.25) is 9.59 Å². The predicted molar refractivity (Wildman–Crippen MR) is 66.1 cm³/mol. The van der Waals surface area contributed by atoms with Crippen molar-refractivity contribution in [2.75, 3.05) is 28.4 Å². The molecule has 1 aliphatic rings. The third-order valence-electron chi connectivity index (χ3n) is 3.57. The molecule has 1 unspecified atom stereocenters. The van der Waals surface area contributed by atoms with Crippen molar-refractivity contribution in [1.29, 1.82) is 0 Å². The molecule has 0 aromatic rings. The zero-order valence-electron chi connectivity index (χ0n) is 11.7. The van der Waals surface area contributed by atoms with Crippen molar-refractivity contribution in [3.8, 4) is 0 Å². The first-order valence-corrected chi connectivity index (χ1v) is 5.87. The molecule has 0 spiro atoms. The Kier molecular flexibility index (Phi) is 5.08. The molecule has 0 aromatic carbocycles. The summed E-state index contributed by atoms with van der Waals surface area (Å²) in [7, 11) is 5.48. The molecule has 1 atom stereocenters. The second-order valence-electron chi connectivity index (χ2n) is 4.55. The van der Waals surface area contributed by atoms with Gasteiger partial charge in [0.15, 0.2) is 11.7 Å². The number of ether oxygens (including phenoxy) is 4. The minimum atomic E-state index is -1.35. The van der Waals surface area contributed by atoms with E-state index in [1.165, 1.54) is 28.4 Å². The van der Waals surface area contributed by atoms with E-state index in [9.17, 15) is 9.59 Å². The van der Waals surface area contributed by atoms with Crippen LogP contribution in [0, 0.1) is 11.3 Å². The maximum absolute atomic E-state index is 12.0. The normalized spacial score (nSPS) is 21.5. The van der Waals surface area contributed by atoms with Gasteiger partial charge in [0.1, 0.15) is 0 Å². The van der Waals surface area contributed by atoms with Crippen molar-refractivity contribution >= 4 is 11.9 Å². The molecule has 1 aliphatic carbocycles. The van der Waals surface area contributed by atoms with Gasteiger partial charge in [0, 0.05) is 20.1 Å². The summed E-state index contributed by atoms with van der Waals surface area (Å²) in [5.41, 5.74) is -0.634. The van der Waals surface area contributed by atoms with Gasteiger partial charge in [-0.1, -0.05) is 12.2 Å². The number of carbonyl (C=O) groups is 2. The molecule has 19 heavy (non-hydrogen) atoms. The van der Waals surface area contributed by atoms with Gasteiger partial charge >= 0.3 is 11.9 Å². The monoisotopic (exact) mass is 272 g/mol. The van der Waals surface area contributed by atoms with E-state index in [4.69, 9.17) is 18.9 Å². The fourth-order valence-electron chi connectivity index (χ4n) is 2.61. The Labute approximate surface area is 112 Å². The van der Waals surface area contributed by atoms with E-state index >= 15 is 0 Å². The van der Waals surface area contributed by atoms with E-state index in [1.807, 2.05) is 0 Å². The SMILES string of the molecule is C=C1CC(C(=O)OC)(C(=O)OC)CC1C(OC)OC. The lowest BCUT2D eigenvalue weighted by atomic mass is 9.85. The van der Waals surface area contributed by atoms with Gasteiger partial charge < -0.3 is 18.9 Å². The first-order valence-electron chi connectivity index (χ1n) is 5.87. The summed E-state index contributed by atoms with van der Waals surface area (Å²) >= 11 is 0. The van der Waals surface area contributed by atoms with Crippen LogP contribution in [-0.2, 0) is 28.5 Å². The first kappa shape index (κ1) is 15.7. The Balaban J connectivity index is 3.08. The van der Waals surface area contributed by atoms with Crippen LogP contribution in [0.5, 0.6) is 0 Å². The van der Waals surface area contributed by atoms with Gasteiger partial charge in [-0.15, -0.1) is 0 Å². The van der Waals surface area contributed by atoms with Gasteiger partial charge in [-0.25, -0.2) is 0 Å². The molecule has 0 bridgehead atoms. The topological polar surface area (TPSA) is 71.1 Å². The largest absolute Gasteiger partial charge is 0.468 e. The number of hydrogen-bond acceptors (Lipinski definition) is 6. The summed E-state index contributed by atoms with van der Waals surface area (Å²) in [5.74, 6) is -1.49. The standard InChI is InChI=1S/C13H20O6/c1-8-6-13(11(14)18-4,12(15)19-5)7-9(8)10(16-2)17-3/h9-10H,1,6-7H2,2-5H3. The third kappa shape index (κ3) is 2.64. The molecule has 0 heterocycles. The Morgan fingerprint density at radius 3 is 2.00 bits per heavy atom. The van der Waals surface area contributed by atoms with E-state index < -0.39 is 23.6 Å².